The number of Topliss-reactive ketones (excluding diaryl/α,β-unsaturated/α-hetero) is 1. The first-order chi connectivity index (χ1) is 13.8. The number of oxazole rings is 1. The second-order valence-electron chi connectivity index (χ2n) is 7.86. The molecule has 2 aromatic carbocycles. The Morgan fingerprint density at radius 3 is 2.86 bits per heavy atom. The summed E-state index contributed by atoms with van der Waals surface area (Å²) >= 11 is 0. The van der Waals surface area contributed by atoms with E-state index in [1.807, 2.05) is 6.07 Å². The molecule has 0 saturated heterocycles. The van der Waals surface area contributed by atoms with Crippen LogP contribution >= 0.6 is 0 Å². The van der Waals surface area contributed by atoms with Gasteiger partial charge in [-0.25, -0.2) is 4.98 Å². The third-order valence-corrected chi connectivity index (χ3v) is 6.07. The molecule has 0 aliphatic heterocycles. The zero-order chi connectivity index (χ0) is 18.7. The predicted octanol–water partition coefficient (Wildman–Crippen LogP) is 4.33. The maximum absolute atomic E-state index is 12.3. The number of hydrogen-bond acceptors (Lipinski definition) is 4. The third kappa shape index (κ3) is 2.43. The van der Waals surface area contributed by atoms with Crippen molar-refractivity contribution in [2.75, 3.05) is 6.54 Å². The first kappa shape index (κ1) is 16.1. The summed E-state index contributed by atoms with van der Waals surface area (Å²) in [5.41, 5.74) is 5.48. The lowest BCUT2D eigenvalue weighted by Crippen LogP contribution is -2.21. The van der Waals surface area contributed by atoms with E-state index in [0.29, 0.717) is 18.4 Å². The van der Waals surface area contributed by atoms with Crippen molar-refractivity contribution in [3.8, 4) is 11.5 Å². The SMILES string of the molecule is O=C1CCc2c1ccc1c2c2cc(-c3ncco3)ccc2n1CCNC1CC1. The van der Waals surface area contributed by atoms with Gasteiger partial charge in [0.15, 0.2) is 5.78 Å². The molecule has 0 spiro atoms. The van der Waals surface area contributed by atoms with Gasteiger partial charge in [-0.05, 0) is 55.2 Å². The number of aromatic nitrogens is 2. The van der Waals surface area contributed by atoms with Crippen LogP contribution in [0.3, 0.4) is 0 Å². The van der Waals surface area contributed by atoms with Crippen molar-refractivity contribution in [3.63, 3.8) is 0 Å². The van der Waals surface area contributed by atoms with Gasteiger partial charge in [-0.15, -0.1) is 0 Å². The average molecular weight is 371 g/mol. The molecule has 5 heteroatoms. The summed E-state index contributed by atoms with van der Waals surface area (Å²) in [7, 11) is 0. The molecule has 2 aliphatic carbocycles. The largest absolute Gasteiger partial charge is 0.445 e. The van der Waals surface area contributed by atoms with Gasteiger partial charge >= 0.3 is 0 Å². The number of carbonyl (C=O) groups is 1. The molecule has 1 saturated carbocycles. The normalized spacial score (nSPS) is 16.4. The van der Waals surface area contributed by atoms with E-state index < -0.39 is 0 Å². The molecule has 2 aromatic heterocycles. The summed E-state index contributed by atoms with van der Waals surface area (Å²) in [6, 6.07) is 11.2. The Bertz CT molecular complexity index is 1220. The molecule has 28 heavy (non-hydrogen) atoms. The molecule has 0 atom stereocenters. The predicted molar refractivity (Wildman–Crippen MR) is 109 cm³/mol. The van der Waals surface area contributed by atoms with Crippen molar-refractivity contribution in [1.29, 1.82) is 0 Å². The highest BCUT2D eigenvalue weighted by atomic mass is 16.3. The fourth-order valence-corrected chi connectivity index (χ4v) is 4.56. The molecule has 0 radical (unpaired) electrons. The molecule has 5 nitrogen and oxygen atoms in total. The molecule has 4 aromatic rings. The Morgan fingerprint density at radius 1 is 1.14 bits per heavy atom. The topological polar surface area (TPSA) is 60.1 Å². The minimum absolute atomic E-state index is 0.261. The van der Waals surface area contributed by atoms with Crippen LogP contribution in [0.15, 0.2) is 47.2 Å². The summed E-state index contributed by atoms with van der Waals surface area (Å²) in [4.78, 5) is 16.6. The molecule has 0 bridgehead atoms. The maximum atomic E-state index is 12.3. The molecule has 0 unspecified atom stereocenters. The maximum Gasteiger partial charge on any atom is 0.225 e. The fraction of sp³-hybridized carbons (Fsp3) is 0.304. The van der Waals surface area contributed by atoms with E-state index in [2.05, 4.69) is 39.1 Å². The summed E-state index contributed by atoms with van der Waals surface area (Å²) in [6.45, 7) is 1.88. The van der Waals surface area contributed by atoms with E-state index in [9.17, 15) is 4.79 Å². The number of hydrogen-bond donors (Lipinski definition) is 1. The lowest BCUT2D eigenvalue weighted by molar-refractivity contribution is 0.0994. The number of fused-ring (bicyclic) bond motifs is 5. The van der Waals surface area contributed by atoms with E-state index in [1.165, 1.54) is 40.2 Å². The second kappa shape index (κ2) is 6.04. The summed E-state index contributed by atoms with van der Waals surface area (Å²) in [5.74, 6) is 0.888. The molecule has 1 fully saturated rings. The number of carbonyl (C=O) groups excluding carboxylic acids is 1. The molecule has 2 heterocycles. The summed E-state index contributed by atoms with van der Waals surface area (Å²) in [5, 5.41) is 6.02. The van der Waals surface area contributed by atoms with E-state index >= 15 is 0 Å². The first-order valence-corrected chi connectivity index (χ1v) is 10.0. The zero-order valence-corrected chi connectivity index (χ0v) is 15.6. The van der Waals surface area contributed by atoms with Gasteiger partial charge in [0.1, 0.15) is 6.26 Å². The summed E-state index contributed by atoms with van der Waals surface area (Å²) < 4.78 is 7.90. The Kier molecular flexibility index (Phi) is 3.47. The molecule has 1 N–H and O–H groups in total. The van der Waals surface area contributed by atoms with Crippen molar-refractivity contribution in [3.05, 3.63) is 53.9 Å². The van der Waals surface area contributed by atoms with E-state index in [4.69, 9.17) is 4.42 Å². The lowest BCUT2D eigenvalue weighted by Gasteiger charge is -2.09. The van der Waals surface area contributed by atoms with Crippen LogP contribution in [0.1, 0.15) is 35.2 Å². The van der Waals surface area contributed by atoms with Crippen molar-refractivity contribution in [2.24, 2.45) is 0 Å². The lowest BCUT2D eigenvalue weighted by atomic mass is 10.0. The van der Waals surface area contributed by atoms with Crippen LogP contribution in [0.25, 0.3) is 33.3 Å². The Hall–Kier alpha value is -2.92. The van der Waals surface area contributed by atoms with Crippen LogP contribution < -0.4 is 5.32 Å². The second-order valence-corrected chi connectivity index (χ2v) is 7.86. The fourth-order valence-electron chi connectivity index (χ4n) is 4.56. The highest BCUT2D eigenvalue weighted by molar-refractivity contribution is 6.15. The van der Waals surface area contributed by atoms with Crippen molar-refractivity contribution < 1.29 is 9.21 Å². The highest BCUT2D eigenvalue weighted by Crippen LogP contribution is 2.38. The first-order valence-electron chi connectivity index (χ1n) is 10.0. The van der Waals surface area contributed by atoms with Gasteiger partial charge < -0.3 is 14.3 Å². The van der Waals surface area contributed by atoms with Crippen LogP contribution in [-0.2, 0) is 13.0 Å². The monoisotopic (exact) mass is 371 g/mol. The van der Waals surface area contributed by atoms with Gasteiger partial charge in [0.25, 0.3) is 0 Å². The molecular weight excluding hydrogens is 350 g/mol. The zero-order valence-electron chi connectivity index (χ0n) is 15.6. The van der Waals surface area contributed by atoms with E-state index in [0.717, 1.165) is 30.6 Å². The van der Waals surface area contributed by atoms with Crippen molar-refractivity contribution in [1.82, 2.24) is 14.9 Å². The van der Waals surface area contributed by atoms with Gasteiger partial charge in [0.2, 0.25) is 5.89 Å². The molecule has 0 amide bonds. The Balaban J connectivity index is 1.57. The minimum Gasteiger partial charge on any atom is -0.445 e. The number of benzene rings is 2. The number of nitrogens with zero attached hydrogens (tertiary/aromatic N) is 2. The van der Waals surface area contributed by atoms with Gasteiger partial charge in [0.05, 0.1) is 6.20 Å². The standard InChI is InChI=1S/C23H21N3O2/c27-21-8-5-17-16(21)4-7-20-22(17)18-13-14(23-25-10-12-28-23)1-6-19(18)26(20)11-9-24-15-2-3-15/h1,4,6-7,10,12-13,15,24H,2-3,5,8-9,11H2. The number of nitrogens with one attached hydrogen (secondary N) is 1. The van der Waals surface area contributed by atoms with Crippen molar-refractivity contribution in [2.45, 2.75) is 38.3 Å². The molecule has 6 rings (SSSR count). The van der Waals surface area contributed by atoms with Crippen LogP contribution in [0.4, 0.5) is 0 Å². The van der Waals surface area contributed by atoms with Crippen LogP contribution in [0.5, 0.6) is 0 Å². The van der Waals surface area contributed by atoms with Gasteiger partial charge in [-0.3, -0.25) is 4.79 Å². The van der Waals surface area contributed by atoms with Gasteiger partial charge in [0, 0.05) is 58.5 Å². The molecular formula is C23H21N3O2. The Morgan fingerprint density at radius 2 is 2.04 bits per heavy atom. The number of aryl methyl sites for hydroxylation is 1. The smallest absolute Gasteiger partial charge is 0.225 e. The minimum atomic E-state index is 0.261. The highest BCUT2D eigenvalue weighted by Gasteiger charge is 2.25. The molecule has 140 valence electrons. The van der Waals surface area contributed by atoms with Crippen molar-refractivity contribution >= 4 is 27.6 Å². The van der Waals surface area contributed by atoms with Gasteiger partial charge in [-0.2, -0.15) is 0 Å². The van der Waals surface area contributed by atoms with E-state index in [1.54, 1.807) is 12.5 Å². The summed E-state index contributed by atoms with van der Waals surface area (Å²) in [6.07, 6.45) is 7.30. The van der Waals surface area contributed by atoms with Gasteiger partial charge in [-0.1, -0.05) is 0 Å². The van der Waals surface area contributed by atoms with Crippen LogP contribution in [0, 0.1) is 0 Å². The quantitative estimate of drug-likeness (QED) is 0.567. The van der Waals surface area contributed by atoms with E-state index in [-0.39, 0.29) is 5.78 Å². The average Bonchev–Trinajstić information content (AvgIpc) is 3.12. The number of rotatable bonds is 5. The third-order valence-electron chi connectivity index (χ3n) is 6.07. The Labute approximate surface area is 162 Å². The van der Waals surface area contributed by atoms with Crippen LogP contribution in [0.2, 0.25) is 0 Å². The van der Waals surface area contributed by atoms with Crippen LogP contribution in [-0.4, -0.2) is 27.9 Å². The number of ketones is 1. The molecule has 2 aliphatic rings.